The molecule has 0 aromatic rings. The van der Waals surface area contributed by atoms with Crippen LogP contribution in [0.5, 0.6) is 0 Å². The van der Waals surface area contributed by atoms with Crippen LogP contribution in [0.1, 0.15) is 68.7 Å². The second-order valence-electron chi connectivity index (χ2n) is 9.65. The smallest absolute Gasteiger partial charge is 0.329 e. The van der Waals surface area contributed by atoms with E-state index in [0.29, 0.717) is 0 Å². The molecule has 0 spiro atoms. The summed E-state index contributed by atoms with van der Waals surface area (Å²) in [5.41, 5.74) is 4.00. The van der Waals surface area contributed by atoms with Gasteiger partial charge in [-0.3, -0.25) is 4.79 Å². The third-order valence-corrected chi connectivity index (χ3v) is 3.37. The molecule has 0 saturated heterocycles. The van der Waals surface area contributed by atoms with Crippen LogP contribution in [-0.2, 0) is 19.1 Å². The summed E-state index contributed by atoms with van der Waals surface area (Å²) in [7, 11) is 0. The summed E-state index contributed by atoms with van der Waals surface area (Å²) >= 11 is 0. The summed E-state index contributed by atoms with van der Waals surface area (Å²) in [6, 6.07) is -2.07. The number of carbonyl (C=O) groups excluding carboxylic acids is 3. The van der Waals surface area contributed by atoms with E-state index in [1.807, 2.05) is 20.8 Å². The molecular formula is C19H37N3O5. The molecule has 2 amide bonds. The Hall–Kier alpha value is -1.83. The number of rotatable bonds is 6. The summed E-state index contributed by atoms with van der Waals surface area (Å²) in [5, 5.41) is 5.25. The minimum absolute atomic E-state index is 0.236. The number of ether oxygens (including phenoxy) is 2. The summed E-state index contributed by atoms with van der Waals surface area (Å²) in [6.07, 6.45) is -0.331. The van der Waals surface area contributed by atoms with Gasteiger partial charge in [-0.15, -0.1) is 0 Å². The zero-order valence-corrected chi connectivity index (χ0v) is 18.2. The number of urea groups is 1. The first-order chi connectivity index (χ1) is 11.9. The zero-order valence-electron chi connectivity index (χ0n) is 18.2. The molecule has 0 bridgehead atoms. The second kappa shape index (κ2) is 9.39. The lowest BCUT2D eigenvalue weighted by Gasteiger charge is -2.31. The van der Waals surface area contributed by atoms with Gasteiger partial charge in [0.2, 0.25) is 0 Å². The molecule has 0 heterocycles. The molecule has 0 aliphatic carbocycles. The summed E-state index contributed by atoms with van der Waals surface area (Å²) in [4.78, 5) is 37.0. The van der Waals surface area contributed by atoms with Gasteiger partial charge < -0.3 is 25.8 Å². The minimum atomic E-state index is -1.17. The lowest BCUT2D eigenvalue weighted by atomic mass is 9.87. The summed E-state index contributed by atoms with van der Waals surface area (Å²) in [5.74, 6) is -1.31. The lowest BCUT2D eigenvalue weighted by molar-refractivity contribution is -0.164. The van der Waals surface area contributed by atoms with Crippen LogP contribution >= 0.6 is 0 Å². The Morgan fingerprint density at radius 2 is 1.33 bits per heavy atom. The van der Waals surface area contributed by atoms with Gasteiger partial charge in [0.05, 0.1) is 6.42 Å². The summed E-state index contributed by atoms with van der Waals surface area (Å²) in [6.45, 7) is 16.4. The Balaban J connectivity index is 5.21. The van der Waals surface area contributed by atoms with E-state index in [-0.39, 0.29) is 24.4 Å². The maximum atomic E-state index is 12.5. The molecular weight excluding hydrogens is 350 g/mol. The molecule has 0 saturated carbocycles. The average molecular weight is 388 g/mol. The quantitative estimate of drug-likeness (QED) is 0.600. The highest BCUT2D eigenvalue weighted by Crippen LogP contribution is 2.18. The van der Waals surface area contributed by atoms with E-state index in [4.69, 9.17) is 15.2 Å². The van der Waals surface area contributed by atoms with Crippen LogP contribution in [0.2, 0.25) is 0 Å². The van der Waals surface area contributed by atoms with E-state index in [1.54, 1.807) is 41.5 Å². The number of nitrogens with two attached hydrogens (primary N) is 1. The highest BCUT2D eigenvalue weighted by Gasteiger charge is 2.32. The van der Waals surface area contributed by atoms with Crippen LogP contribution in [0.4, 0.5) is 4.79 Å². The van der Waals surface area contributed by atoms with Gasteiger partial charge in [-0.1, -0.05) is 20.8 Å². The van der Waals surface area contributed by atoms with Crippen LogP contribution in [0.3, 0.4) is 0 Å². The van der Waals surface area contributed by atoms with E-state index < -0.39 is 35.2 Å². The standard InChI is InChI=1S/C19H37N3O5/c1-17(2,3)13(11-20)22-16(25)21-12(15(24)27-19(7,8)9)10-14(23)26-18(4,5)6/h12-13H,10-11,20H2,1-9H3,(H2,21,22,25)/t12-,13-/m0/s1. The van der Waals surface area contributed by atoms with Crippen molar-refractivity contribution >= 4 is 18.0 Å². The number of nitrogens with one attached hydrogen (secondary N) is 2. The van der Waals surface area contributed by atoms with E-state index in [0.717, 1.165) is 0 Å². The molecule has 0 aliphatic rings. The van der Waals surface area contributed by atoms with E-state index in [2.05, 4.69) is 10.6 Å². The van der Waals surface area contributed by atoms with Gasteiger partial charge in [0.1, 0.15) is 17.2 Å². The van der Waals surface area contributed by atoms with Crippen molar-refractivity contribution in [1.29, 1.82) is 0 Å². The minimum Gasteiger partial charge on any atom is -0.460 e. The fourth-order valence-electron chi connectivity index (χ4n) is 2.10. The number of amides is 2. The third kappa shape index (κ3) is 11.5. The van der Waals surface area contributed by atoms with Crippen molar-refractivity contribution in [3.63, 3.8) is 0 Å². The number of carbonyl (C=O) groups is 3. The van der Waals surface area contributed by atoms with Crippen molar-refractivity contribution in [3.8, 4) is 0 Å². The van der Waals surface area contributed by atoms with Gasteiger partial charge >= 0.3 is 18.0 Å². The molecule has 0 aromatic heterocycles. The van der Waals surface area contributed by atoms with Crippen molar-refractivity contribution < 1.29 is 23.9 Å². The molecule has 0 unspecified atom stereocenters. The van der Waals surface area contributed by atoms with Crippen LogP contribution in [-0.4, -0.2) is 47.8 Å². The van der Waals surface area contributed by atoms with Gasteiger partial charge in [-0.25, -0.2) is 9.59 Å². The Morgan fingerprint density at radius 3 is 1.70 bits per heavy atom. The maximum Gasteiger partial charge on any atom is 0.329 e. The van der Waals surface area contributed by atoms with Gasteiger partial charge in [0.25, 0.3) is 0 Å². The lowest BCUT2D eigenvalue weighted by Crippen LogP contribution is -2.55. The average Bonchev–Trinajstić information content (AvgIpc) is 2.38. The molecule has 8 nitrogen and oxygen atoms in total. The molecule has 4 N–H and O–H groups in total. The third-order valence-electron chi connectivity index (χ3n) is 3.37. The maximum absolute atomic E-state index is 12.5. The number of hydrogen-bond donors (Lipinski definition) is 3. The highest BCUT2D eigenvalue weighted by atomic mass is 16.6. The molecule has 0 aromatic carbocycles. The van der Waals surface area contributed by atoms with Crippen molar-refractivity contribution in [1.82, 2.24) is 10.6 Å². The summed E-state index contributed by atoms with van der Waals surface area (Å²) < 4.78 is 10.6. The van der Waals surface area contributed by atoms with Gasteiger partial charge in [0, 0.05) is 12.6 Å². The Bertz CT molecular complexity index is 527. The van der Waals surface area contributed by atoms with E-state index in [1.165, 1.54) is 0 Å². The largest absolute Gasteiger partial charge is 0.460 e. The molecule has 27 heavy (non-hydrogen) atoms. The Kier molecular flexibility index (Phi) is 8.76. The Labute approximate surface area is 162 Å². The van der Waals surface area contributed by atoms with Crippen molar-refractivity contribution in [2.45, 2.75) is 92.0 Å². The number of hydrogen-bond acceptors (Lipinski definition) is 6. The van der Waals surface area contributed by atoms with Gasteiger partial charge in [-0.2, -0.15) is 0 Å². The van der Waals surface area contributed by atoms with Gasteiger partial charge in [0.15, 0.2) is 0 Å². The Morgan fingerprint density at radius 1 is 0.852 bits per heavy atom. The first-order valence-electron chi connectivity index (χ1n) is 9.16. The molecule has 0 rings (SSSR count). The first-order valence-corrected chi connectivity index (χ1v) is 9.16. The second-order valence-corrected chi connectivity index (χ2v) is 9.65. The molecule has 0 radical (unpaired) electrons. The van der Waals surface area contributed by atoms with Gasteiger partial charge in [-0.05, 0) is 47.0 Å². The monoisotopic (exact) mass is 387 g/mol. The molecule has 2 atom stereocenters. The topological polar surface area (TPSA) is 120 Å². The highest BCUT2D eigenvalue weighted by molar-refractivity contribution is 5.87. The van der Waals surface area contributed by atoms with E-state index >= 15 is 0 Å². The predicted molar refractivity (Wildman–Crippen MR) is 104 cm³/mol. The SMILES string of the molecule is CC(C)(C)OC(=O)C[C@H](NC(=O)N[C@@H](CN)C(C)(C)C)C(=O)OC(C)(C)C. The van der Waals surface area contributed by atoms with Crippen molar-refractivity contribution in [2.75, 3.05) is 6.54 Å². The normalized spacial score (nSPS) is 14.7. The number of esters is 2. The molecule has 8 heteroatoms. The predicted octanol–water partition coefficient (Wildman–Crippen LogP) is 2.10. The van der Waals surface area contributed by atoms with Crippen molar-refractivity contribution in [2.24, 2.45) is 11.1 Å². The fourth-order valence-corrected chi connectivity index (χ4v) is 2.10. The van der Waals surface area contributed by atoms with Crippen LogP contribution in [0.15, 0.2) is 0 Å². The fraction of sp³-hybridized carbons (Fsp3) is 0.842. The first kappa shape index (κ1) is 25.2. The van der Waals surface area contributed by atoms with Crippen LogP contribution in [0.25, 0.3) is 0 Å². The zero-order chi connectivity index (χ0) is 21.6. The van der Waals surface area contributed by atoms with Crippen LogP contribution < -0.4 is 16.4 Å². The van der Waals surface area contributed by atoms with E-state index in [9.17, 15) is 14.4 Å². The van der Waals surface area contributed by atoms with Crippen LogP contribution in [0, 0.1) is 5.41 Å². The molecule has 0 fully saturated rings. The molecule has 158 valence electrons. The molecule has 0 aliphatic heterocycles. The van der Waals surface area contributed by atoms with Crippen molar-refractivity contribution in [3.05, 3.63) is 0 Å².